The predicted molar refractivity (Wildman–Crippen MR) is 303 cm³/mol. The van der Waals surface area contributed by atoms with Gasteiger partial charge in [0.1, 0.15) is 6.04 Å². The molecule has 8 nitrogen and oxygen atoms in total. The molecule has 420 valence electrons. The van der Waals surface area contributed by atoms with Crippen LogP contribution in [0.5, 0.6) is 0 Å². The molecule has 72 heavy (non-hydrogen) atoms. The molecule has 1 fully saturated rings. The lowest BCUT2D eigenvalue weighted by molar-refractivity contribution is -0.216. The van der Waals surface area contributed by atoms with Crippen molar-refractivity contribution >= 4 is 34.8 Å². The topological polar surface area (TPSA) is 115 Å². The summed E-state index contributed by atoms with van der Waals surface area (Å²) in [7, 11) is 0. The Balaban J connectivity index is 4.17. The standard InChI is InChI=1S/C64H117NO7/c1-7-13-19-25-31-37-43-49-57(66)56-55-72-64(60(69)52-46-40-34-28-22-16-10-4,61(70)53-47-41-35-29-23-17-11-5)63(58(67)50-44-38-32-26-20-14-8-2,59(68)51-45-39-33-27-21-15-9-3)65(56)62(71)54-48-42-36-30-24-18-12-6/h56H,7-55H2,1-6H3. The van der Waals surface area contributed by atoms with Gasteiger partial charge in [0.05, 0.1) is 6.61 Å². The smallest absolute Gasteiger partial charge is 0.224 e. The number of carbonyl (C=O) groups excluding carboxylic acids is 6. The zero-order chi connectivity index (χ0) is 53.0. The fourth-order valence-electron chi connectivity index (χ4n) is 11.4. The van der Waals surface area contributed by atoms with Crippen molar-refractivity contribution < 1.29 is 33.5 Å². The van der Waals surface area contributed by atoms with Crippen molar-refractivity contribution in [2.24, 2.45) is 0 Å². The number of Topliss-reactive ketones (excluding diaryl/α,β-unsaturated/α-hetero) is 5. The van der Waals surface area contributed by atoms with Crippen LogP contribution in [0, 0.1) is 0 Å². The van der Waals surface area contributed by atoms with Gasteiger partial charge in [-0.25, -0.2) is 0 Å². The van der Waals surface area contributed by atoms with Crippen LogP contribution in [0.1, 0.15) is 350 Å². The highest BCUT2D eigenvalue weighted by molar-refractivity contribution is 6.28. The van der Waals surface area contributed by atoms with E-state index in [9.17, 15) is 4.79 Å². The summed E-state index contributed by atoms with van der Waals surface area (Å²) in [5, 5.41) is 0. The third-order valence-corrected chi connectivity index (χ3v) is 15.9. The molecule has 1 amide bonds. The number of nitrogens with zero attached hydrogens (tertiary/aromatic N) is 1. The number of morpholine rings is 1. The van der Waals surface area contributed by atoms with Crippen LogP contribution >= 0.6 is 0 Å². The molecule has 0 N–H and O–H groups in total. The molecule has 0 spiro atoms. The van der Waals surface area contributed by atoms with Gasteiger partial charge in [0, 0.05) is 38.5 Å². The van der Waals surface area contributed by atoms with Gasteiger partial charge in [-0.2, -0.15) is 0 Å². The maximum Gasteiger partial charge on any atom is 0.224 e. The van der Waals surface area contributed by atoms with Crippen LogP contribution in [0.4, 0.5) is 0 Å². The first kappa shape index (κ1) is 67.8. The third kappa shape index (κ3) is 25.5. The fraction of sp³-hybridized carbons (Fsp3) is 0.906. The molecular formula is C64H117NO7. The van der Waals surface area contributed by atoms with Crippen molar-refractivity contribution in [1.29, 1.82) is 0 Å². The molecule has 8 heteroatoms. The van der Waals surface area contributed by atoms with Crippen LogP contribution in [0.25, 0.3) is 0 Å². The Hall–Kier alpha value is -2.22. The predicted octanol–water partition coefficient (Wildman–Crippen LogP) is 18.4. The quantitative estimate of drug-likeness (QED) is 0.0440. The van der Waals surface area contributed by atoms with E-state index in [0.29, 0.717) is 38.5 Å². The highest BCUT2D eigenvalue weighted by atomic mass is 16.5. The van der Waals surface area contributed by atoms with Crippen molar-refractivity contribution in [2.45, 2.75) is 367 Å². The molecular weight excluding hydrogens is 895 g/mol. The molecule has 0 aliphatic carbocycles. The van der Waals surface area contributed by atoms with Crippen molar-refractivity contribution in [3.8, 4) is 0 Å². The van der Waals surface area contributed by atoms with Gasteiger partial charge in [-0.1, -0.05) is 273 Å². The number of carbonyl (C=O) groups is 6. The molecule has 1 rings (SSSR count). The second kappa shape index (κ2) is 45.0. The Kier molecular flexibility index (Phi) is 42.4. The molecule has 1 atom stereocenters. The van der Waals surface area contributed by atoms with E-state index in [-0.39, 0.29) is 50.9 Å². The van der Waals surface area contributed by atoms with Crippen molar-refractivity contribution in [1.82, 2.24) is 4.90 Å². The summed E-state index contributed by atoms with van der Waals surface area (Å²) in [4.78, 5) is 95.6. The average molecular weight is 1010 g/mol. The van der Waals surface area contributed by atoms with Gasteiger partial charge in [0.2, 0.25) is 17.0 Å². The number of rotatable bonds is 53. The van der Waals surface area contributed by atoms with Gasteiger partial charge in [0.25, 0.3) is 0 Å². The zero-order valence-electron chi connectivity index (χ0n) is 48.5. The van der Waals surface area contributed by atoms with E-state index in [1.807, 2.05) is 0 Å². The van der Waals surface area contributed by atoms with Crippen LogP contribution in [0.3, 0.4) is 0 Å². The first-order chi connectivity index (χ1) is 35.1. The van der Waals surface area contributed by atoms with E-state index >= 15 is 24.0 Å². The van der Waals surface area contributed by atoms with E-state index in [1.54, 1.807) is 0 Å². The number of hydrogen-bond donors (Lipinski definition) is 0. The molecule has 1 aliphatic rings. The number of hydrogen-bond acceptors (Lipinski definition) is 7. The first-order valence-electron chi connectivity index (χ1n) is 31.7. The monoisotopic (exact) mass is 1010 g/mol. The number of ether oxygens (including phenoxy) is 1. The van der Waals surface area contributed by atoms with Gasteiger partial charge in [0.15, 0.2) is 28.9 Å². The summed E-state index contributed by atoms with van der Waals surface area (Å²) in [6, 6.07) is -1.23. The normalized spacial score (nSPS) is 15.2. The molecule has 0 aromatic carbocycles. The minimum Gasteiger partial charge on any atom is -0.354 e. The van der Waals surface area contributed by atoms with Crippen LogP contribution in [-0.4, -0.2) is 63.5 Å². The van der Waals surface area contributed by atoms with Gasteiger partial charge in [-0.3, -0.25) is 28.8 Å². The van der Waals surface area contributed by atoms with Gasteiger partial charge in [-0.05, 0) is 38.5 Å². The van der Waals surface area contributed by atoms with Gasteiger partial charge >= 0.3 is 0 Å². The number of amides is 1. The summed E-state index contributed by atoms with van der Waals surface area (Å²) < 4.78 is 6.92. The van der Waals surface area contributed by atoms with Crippen LogP contribution in [0.2, 0.25) is 0 Å². The molecule has 0 aromatic heterocycles. The summed E-state index contributed by atoms with van der Waals surface area (Å²) in [5.74, 6) is -2.91. The lowest BCUT2D eigenvalue weighted by atomic mass is 9.62. The molecule has 0 bridgehead atoms. The summed E-state index contributed by atoms with van der Waals surface area (Å²) in [6.45, 7) is 12.8. The molecule has 1 saturated heterocycles. The first-order valence-corrected chi connectivity index (χ1v) is 31.7. The van der Waals surface area contributed by atoms with Crippen molar-refractivity contribution in [3.05, 3.63) is 0 Å². The second-order valence-corrected chi connectivity index (χ2v) is 22.4. The van der Waals surface area contributed by atoms with Crippen molar-refractivity contribution in [2.75, 3.05) is 6.61 Å². The number of unbranched alkanes of at least 4 members (excludes halogenated alkanes) is 36. The molecule has 0 saturated carbocycles. The van der Waals surface area contributed by atoms with E-state index in [4.69, 9.17) is 4.74 Å². The third-order valence-electron chi connectivity index (χ3n) is 15.9. The van der Waals surface area contributed by atoms with E-state index < -0.39 is 46.2 Å². The van der Waals surface area contributed by atoms with Crippen molar-refractivity contribution in [3.63, 3.8) is 0 Å². The maximum absolute atomic E-state index is 16.1. The Morgan fingerprint density at radius 1 is 0.319 bits per heavy atom. The molecule has 0 radical (unpaired) electrons. The van der Waals surface area contributed by atoms with E-state index in [0.717, 1.165) is 218 Å². The zero-order valence-corrected chi connectivity index (χ0v) is 48.5. The van der Waals surface area contributed by atoms with Gasteiger partial charge in [-0.15, -0.1) is 0 Å². The summed E-state index contributed by atoms with van der Waals surface area (Å²) in [5.41, 5.74) is -5.04. The Bertz CT molecular complexity index is 1350. The second-order valence-electron chi connectivity index (χ2n) is 22.4. The minimum atomic E-state index is -2.54. The van der Waals surface area contributed by atoms with Crippen LogP contribution in [0.15, 0.2) is 0 Å². The minimum absolute atomic E-state index is 0.0237. The van der Waals surface area contributed by atoms with E-state index in [2.05, 4.69) is 41.5 Å². The maximum atomic E-state index is 16.1. The highest BCUT2D eigenvalue weighted by Crippen LogP contribution is 2.46. The van der Waals surface area contributed by atoms with Crippen LogP contribution < -0.4 is 0 Å². The van der Waals surface area contributed by atoms with Gasteiger partial charge < -0.3 is 9.64 Å². The average Bonchev–Trinajstić information content (AvgIpc) is 3.38. The Morgan fingerprint density at radius 2 is 0.556 bits per heavy atom. The molecule has 0 aromatic rings. The lowest BCUT2D eigenvalue weighted by Crippen LogP contribution is -2.84. The van der Waals surface area contributed by atoms with Crippen LogP contribution in [-0.2, 0) is 33.5 Å². The number of ketones is 5. The SMILES string of the molecule is CCCCCCCCCC(=O)C1COC(C(=O)CCCCCCCCC)(C(=O)CCCCCCCCC)C(C(=O)CCCCCCCCC)(C(=O)CCCCCCCCC)N1C(=O)CCCCCCCCC. The molecule has 1 aliphatic heterocycles. The van der Waals surface area contributed by atoms with E-state index in [1.165, 1.54) is 17.7 Å². The summed E-state index contributed by atoms with van der Waals surface area (Å²) >= 11 is 0. The molecule has 1 unspecified atom stereocenters. The lowest BCUT2D eigenvalue weighted by Gasteiger charge is -2.57. The summed E-state index contributed by atoms with van der Waals surface area (Å²) in [6.07, 6.45) is 40.7. The largest absolute Gasteiger partial charge is 0.354 e. The fourth-order valence-corrected chi connectivity index (χ4v) is 11.4. The Morgan fingerprint density at radius 3 is 0.847 bits per heavy atom. The Labute approximate surface area is 445 Å². The molecule has 1 heterocycles. The highest BCUT2D eigenvalue weighted by Gasteiger charge is 2.75.